The second-order valence-corrected chi connectivity index (χ2v) is 8.09. The number of hydrogen-bond donors (Lipinski definition) is 1. The predicted octanol–water partition coefficient (Wildman–Crippen LogP) is 4.16. The van der Waals surface area contributed by atoms with Crippen molar-refractivity contribution in [1.82, 2.24) is 15.2 Å². The molecule has 0 saturated heterocycles. The number of halogens is 1. The number of carbonyl (C=O) groups is 1. The van der Waals surface area contributed by atoms with Gasteiger partial charge in [0.15, 0.2) is 0 Å². The number of aromatic nitrogens is 3. The summed E-state index contributed by atoms with van der Waals surface area (Å²) >= 11 is 2.79. The molecule has 1 N–H and O–H groups in total. The fourth-order valence-corrected chi connectivity index (χ4v) is 4.35. The van der Waals surface area contributed by atoms with E-state index in [4.69, 9.17) is 0 Å². The number of benzene rings is 1. The smallest absolute Gasteiger partial charge is 0.269 e. The summed E-state index contributed by atoms with van der Waals surface area (Å²) in [6, 6.07) is 6.31. The molecule has 5 nitrogen and oxygen atoms in total. The van der Waals surface area contributed by atoms with Crippen LogP contribution in [0, 0.1) is 12.7 Å². The van der Waals surface area contributed by atoms with E-state index >= 15 is 0 Å². The number of thiazole rings is 1. The minimum absolute atomic E-state index is 0.209. The molecule has 1 aliphatic rings. The van der Waals surface area contributed by atoms with Crippen molar-refractivity contribution in [2.75, 3.05) is 5.32 Å². The molecule has 1 aliphatic carbocycles. The number of aryl methyl sites for hydroxylation is 1. The SMILES string of the molecule is Cc1nc(Cc2ccc(F)cc2)sc1C(=O)Nc1nnc(C2CC2)s1. The summed E-state index contributed by atoms with van der Waals surface area (Å²) < 4.78 is 13.0. The third-order valence-corrected chi connectivity index (χ3v) is 6.06. The third-order valence-electron chi connectivity index (χ3n) is 3.90. The number of anilines is 1. The first-order valence-electron chi connectivity index (χ1n) is 7.94. The van der Waals surface area contributed by atoms with Crippen LogP contribution in [0.1, 0.15) is 49.7 Å². The van der Waals surface area contributed by atoms with Crippen LogP contribution in [-0.2, 0) is 6.42 Å². The molecule has 0 radical (unpaired) electrons. The lowest BCUT2D eigenvalue weighted by molar-refractivity contribution is 0.102. The largest absolute Gasteiger partial charge is 0.296 e. The van der Waals surface area contributed by atoms with Gasteiger partial charge >= 0.3 is 0 Å². The van der Waals surface area contributed by atoms with Crippen LogP contribution in [0.25, 0.3) is 0 Å². The molecule has 128 valence electrons. The maximum atomic E-state index is 13.0. The summed E-state index contributed by atoms with van der Waals surface area (Å²) in [6.45, 7) is 1.81. The minimum atomic E-state index is -0.262. The Bertz CT molecular complexity index is 915. The number of nitrogens with zero attached hydrogens (tertiary/aromatic N) is 3. The molecule has 1 aromatic carbocycles. The van der Waals surface area contributed by atoms with Gasteiger partial charge in [-0.05, 0) is 37.5 Å². The number of rotatable bonds is 5. The zero-order valence-electron chi connectivity index (χ0n) is 13.5. The molecule has 0 atom stereocenters. The van der Waals surface area contributed by atoms with E-state index in [9.17, 15) is 9.18 Å². The first-order chi connectivity index (χ1) is 12.1. The van der Waals surface area contributed by atoms with Crippen molar-refractivity contribution < 1.29 is 9.18 Å². The molecular formula is C17H15FN4OS2. The number of amides is 1. The lowest BCUT2D eigenvalue weighted by atomic mass is 10.1. The summed E-state index contributed by atoms with van der Waals surface area (Å²) in [5.41, 5.74) is 1.65. The highest BCUT2D eigenvalue weighted by molar-refractivity contribution is 7.16. The Kier molecular flexibility index (Phi) is 4.30. The monoisotopic (exact) mass is 374 g/mol. The molecule has 8 heteroatoms. The van der Waals surface area contributed by atoms with E-state index in [1.165, 1.54) is 34.8 Å². The van der Waals surface area contributed by atoms with Crippen LogP contribution >= 0.6 is 22.7 Å². The van der Waals surface area contributed by atoms with Gasteiger partial charge in [0, 0.05) is 12.3 Å². The summed E-state index contributed by atoms with van der Waals surface area (Å²) in [6.07, 6.45) is 2.89. The fourth-order valence-electron chi connectivity index (χ4n) is 2.45. The van der Waals surface area contributed by atoms with Crippen LogP contribution in [0.3, 0.4) is 0 Å². The molecule has 0 bridgehead atoms. The molecule has 2 aromatic heterocycles. The van der Waals surface area contributed by atoms with Gasteiger partial charge in [0.1, 0.15) is 15.7 Å². The standard InChI is InChI=1S/C17H15FN4OS2/c1-9-14(15(23)20-17-22-21-16(25-17)11-4-5-11)24-13(19-9)8-10-2-6-12(18)7-3-10/h2-3,6-7,11H,4-5,8H2,1H3,(H,20,22,23). The summed E-state index contributed by atoms with van der Waals surface area (Å²) in [7, 11) is 0. The third kappa shape index (κ3) is 3.74. The normalized spacial score (nSPS) is 13.8. The molecule has 3 aromatic rings. The molecule has 1 amide bonds. The first-order valence-corrected chi connectivity index (χ1v) is 9.57. The Morgan fingerprint density at radius 3 is 2.72 bits per heavy atom. The maximum Gasteiger partial charge on any atom is 0.269 e. The molecule has 1 fully saturated rings. The van der Waals surface area contributed by atoms with Crippen molar-refractivity contribution in [3.05, 3.63) is 56.2 Å². The Morgan fingerprint density at radius 1 is 1.24 bits per heavy atom. The average Bonchev–Trinajstić information content (AvgIpc) is 3.23. The molecular weight excluding hydrogens is 359 g/mol. The van der Waals surface area contributed by atoms with Crippen LogP contribution in [0.5, 0.6) is 0 Å². The Balaban J connectivity index is 1.46. The van der Waals surface area contributed by atoms with Gasteiger partial charge in [-0.1, -0.05) is 23.5 Å². The summed E-state index contributed by atoms with van der Waals surface area (Å²) in [5, 5.41) is 13.3. The van der Waals surface area contributed by atoms with Crippen molar-refractivity contribution in [2.24, 2.45) is 0 Å². The van der Waals surface area contributed by atoms with E-state index < -0.39 is 0 Å². The van der Waals surface area contributed by atoms with Crippen LogP contribution < -0.4 is 5.32 Å². The van der Waals surface area contributed by atoms with Gasteiger partial charge < -0.3 is 0 Å². The quantitative estimate of drug-likeness (QED) is 0.728. The van der Waals surface area contributed by atoms with Gasteiger partial charge in [0.2, 0.25) is 5.13 Å². The molecule has 0 aliphatic heterocycles. The first kappa shape index (κ1) is 16.3. The van der Waals surface area contributed by atoms with E-state index in [0.29, 0.717) is 28.0 Å². The zero-order valence-corrected chi connectivity index (χ0v) is 15.1. The molecule has 25 heavy (non-hydrogen) atoms. The lowest BCUT2D eigenvalue weighted by Gasteiger charge is -1.98. The van der Waals surface area contributed by atoms with Crippen molar-refractivity contribution in [2.45, 2.75) is 32.1 Å². The molecule has 1 saturated carbocycles. The Hall–Kier alpha value is -2.19. The van der Waals surface area contributed by atoms with Gasteiger partial charge in [0.25, 0.3) is 5.91 Å². The highest BCUT2D eigenvalue weighted by Gasteiger charge is 2.28. The van der Waals surface area contributed by atoms with Crippen molar-refractivity contribution in [3.8, 4) is 0 Å². The summed E-state index contributed by atoms with van der Waals surface area (Å²) in [5.74, 6) is 0.0521. The van der Waals surface area contributed by atoms with E-state index in [1.807, 2.05) is 6.92 Å². The van der Waals surface area contributed by atoms with E-state index in [1.54, 1.807) is 12.1 Å². The maximum absolute atomic E-state index is 13.0. The second kappa shape index (κ2) is 6.61. The van der Waals surface area contributed by atoms with E-state index in [-0.39, 0.29) is 11.7 Å². The Labute approximate surface area is 152 Å². The van der Waals surface area contributed by atoms with Gasteiger partial charge in [-0.3, -0.25) is 10.1 Å². The highest BCUT2D eigenvalue weighted by atomic mass is 32.1. The number of nitrogens with one attached hydrogen (secondary N) is 1. The molecule has 2 heterocycles. The Morgan fingerprint density at radius 2 is 2.00 bits per heavy atom. The van der Waals surface area contributed by atoms with Gasteiger partial charge in [-0.15, -0.1) is 21.5 Å². The fraction of sp³-hybridized carbons (Fsp3) is 0.294. The molecule has 0 spiro atoms. The minimum Gasteiger partial charge on any atom is -0.296 e. The van der Waals surface area contributed by atoms with Crippen molar-refractivity contribution >= 4 is 33.7 Å². The highest BCUT2D eigenvalue weighted by Crippen LogP contribution is 2.42. The van der Waals surface area contributed by atoms with Crippen LogP contribution in [0.2, 0.25) is 0 Å². The van der Waals surface area contributed by atoms with Gasteiger partial charge in [-0.2, -0.15) is 0 Å². The van der Waals surface area contributed by atoms with Gasteiger partial charge in [0.05, 0.1) is 10.7 Å². The van der Waals surface area contributed by atoms with Crippen LogP contribution in [0.15, 0.2) is 24.3 Å². The van der Waals surface area contributed by atoms with Crippen molar-refractivity contribution in [3.63, 3.8) is 0 Å². The topological polar surface area (TPSA) is 67.8 Å². The van der Waals surface area contributed by atoms with Gasteiger partial charge in [-0.25, -0.2) is 9.37 Å². The van der Waals surface area contributed by atoms with Crippen molar-refractivity contribution in [1.29, 1.82) is 0 Å². The summed E-state index contributed by atoms with van der Waals surface area (Å²) in [4.78, 5) is 17.5. The van der Waals surface area contributed by atoms with E-state index in [2.05, 4.69) is 20.5 Å². The predicted molar refractivity (Wildman–Crippen MR) is 95.9 cm³/mol. The average molecular weight is 374 g/mol. The van der Waals surface area contributed by atoms with E-state index in [0.717, 1.165) is 28.4 Å². The molecule has 0 unspecified atom stereocenters. The second-order valence-electron chi connectivity index (χ2n) is 6.00. The van der Waals surface area contributed by atoms with Crippen LogP contribution in [0.4, 0.5) is 9.52 Å². The number of hydrogen-bond acceptors (Lipinski definition) is 6. The molecule has 4 rings (SSSR count). The lowest BCUT2D eigenvalue weighted by Crippen LogP contribution is -2.11. The number of carbonyl (C=O) groups excluding carboxylic acids is 1. The van der Waals surface area contributed by atoms with Crippen LogP contribution in [-0.4, -0.2) is 21.1 Å². The zero-order chi connectivity index (χ0) is 17.4.